The van der Waals surface area contributed by atoms with Crippen molar-refractivity contribution in [2.24, 2.45) is 0 Å². The molecule has 0 radical (unpaired) electrons. The monoisotopic (exact) mass is 277 g/mol. The van der Waals surface area contributed by atoms with Gasteiger partial charge in [0.15, 0.2) is 0 Å². The Balaban J connectivity index is 1.77. The third kappa shape index (κ3) is 4.10. The minimum Gasteiger partial charge on any atom is -0.352 e. The Morgan fingerprint density at radius 1 is 1.42 bits per heavy atom. The lowest BCUT2D eigenvalue weighted by atomic mass is 10.1. The van der Waals surface area contributed by atoms with Crippen LogP contribution in [0.4, 0.5) is 0 Å². The van der Waals surface area contributed by atoms with Crippen molar-refractivity contribution in [1.82, 2.24) is 14.9 Å². The molecule has 2 rings (SSSR count). The molecule has 0 saturated heterocycles. The van der Waals surface area contributed by atoms with Crippen LogP contribution in [0.15, 0.2) is 43.0 Å². The number of hydrogen-bond donors (Lipinski definition) is 1. The van der Waals surface area contributed by atoms with E-state index < -0.39 is 0 Å². The van der Waals surface area contributed by atoms with Crippen molar-refractivity contribution in [1.29, 1.82) is 0 Å². The van der Waals surface area contributed by atoms with Crippen molar-refractivity contribution in [3.63, 3.8) is 0 Å². The van der Waals surface area contributed by atoms with Gasteiger partial charge in [-0.05, 0) is 24.1 Å². The average molecular weight is 278 g/mol. The highest BCUT2D eigenvalue weighted by Crippen LogP contribution is 2.07. The highest BCUT2D eigenvalue weighted by Gasteiger charge is 2.05. The van der Waals surface area contributed by atoms with Crippen LogP contribution in [-0.4, -0.2) is 22.0 Å². The molecule has 100 valence electrons. The molecule has 1 amide bonds. The molecule has 0 aliphatic rings. The number of hydrogen-bond acceptors (Lipinski definition) is 2. The van der Waals surface area contributed by atoms with Crippen LogP contribution in [0, 0.1) is 0 Å². The van der Waals surface area contributed by atoms with E-state index >= 15 is 0 Å². The summed E-state index contributed by atoms with van der Waals surface area (Å²) in [6.45, 7) is 1.49. The van der Waals surface area contributed by atoms with E-state index in [0.717, 1.165) is 18.5 Å². The van der Waals surface area contributed by atoms with Gasteiger partial charge in [-0.25, -0.2) is 4.98 Å². The normalized spacial score (nSPS) is 10.4. The average Bonchev–Trinajstić information content (AvgIpc) is 2.96. The van der Waals surface area contributed by atoms with E-state index in [-0.39, 0.29) is 5.91 Å². The maximum atomic E-state index is 11.9. The maximum absolute atomic E-state index is 11.9. The van der Waals surface area contributed by atoms with Gasteiger partial charge in [0, 0.05) is 36.9 Å². The first kappa shape index (κ1) is 13.6. The molecule has 0 unspecified atom stereocenters. The summed E-state index contributed by atoms with van der Waals surface area (Å²) < 4.78 is 1.99. The smallest absolute Gasteiger partial charge is 0.251 e. The SMILES string of the molecule is O=C(NCCCn1ccnc1)c1cccc(CCl)c1. The molecule has 1 heterocycles. The minimum atomic E-state index is -0.0578. The third-order valence-electron chi connectivity index (χ3n) is 2.78. The largest absolute Gasteiger partial charge is 0.352 e. The number of nitrogens with zero attached hydrogens (tertiary/aromatic N) is 2. The number of carbonyl (C=O) groups excluding carboxylic acids is 1. The summed E-state index contributed by atoms with van der Waals surface area (Å²) in [7, 11) is 0. The number of nitrogens with one attached hydrogen (secondary N) is 1. The lowest BCUT2D eigenvalue weighted by Crippen LogP contribution is -2.25. The molecule has 2 aromatic rings. The summed E-state index contributed by atoms with van der Waals surface area (Å²) in [5, 5.41) is 2.90. The fourth-order valence-electron chi connectivity index (χ4n) is 1.78. The molecule has 4 nitrogen and oxygen atoms in total. The van der Waals surface area contributed by atoms with Crippen LogP contribution in [0.1, 0.15) is 22.3 Å². The standard InChI is InChI=1S/C14H16ClN3O/c15-10-12-3-1-4-13(9-12)14(19)17-5-2-7-18-8-6-16-11-18/h1,3-4,6,8-9,11H,2,5,7,10H2,(H,17,19). The first-order chi connectivity index (χ1) is 9.29. The topological polar surface area (TPSA) is 46.9 Å². The number of carbonyl (C=O) groups is 1. The molecule has 0 spiro atoms. The van der Waals surface area contributed by atoms with E-state index in [0.29, 0.717) is 18.0 Å². The summed E-state index contributed by atoms with van der Waals surface area (Å²) in [5.41, 5.74) is 1.61. The molecule has 1 aromatic carbocycles. The van der Waals surface area contributed by atoms with Gasteiger partial charge in [-0.1, -0.05) is 12.1 Å². The number of halogens is 1. The van der Waals surface area contributed by atoms with E-state index in [9.17, 15) is 4.79 Å². The Morgan fingerprint density at radius 3 is 3.05 bits per heavy atom. The predicted octanol–water partition coefficient (Wildman–Crippen LogP) is 2.44. The van der Waals surface area contributed by atoms with E-state index in [4.69, 9.17) is 11.6 Å². The zero-order valence-electron chi connectivity index (χ0n) is 10.6. The van der Waals surface area contributed by atoms with Gasteiger partial charge in [-0.2, -0.15) is 0 Å². The molecule has 0 aliphatic carbocycles. The number of imidazole rings is 1. The molecule has 0 bridgehead atoms. The zero-order chi connectivity index (χ0) is 13.5. The third-order valence-corrected chi connectivity index (χ3v) is 3.09. The summed E-state index contributed by atoms with van der Waals surface area (Å²) >= 11 is 5.75. The molecule has 19 heavy (non-hydrogen) atoms. The molecule has 5 heteroatoms. The second-order valence-electron chi connectivity index (χ2n) is 4.24. The minimum absolute atomic E-state index is 0.0578. The van der Waals surface area contributed by atoms with E-state index in [1.807, 2.05) is 29.0 Å². The first-order valence-electron chi connectivity index (χ1n) is 6.18. The van der Waals surface area contributed by atoms with Crippen molar-refractivity contribution in [2.45, 2.75) is 18.8 Å². The number of aromatic nitrogens is 2. The number of aryl methyl sites for hydroxylation is 1. The molecule has 1 N–H and O–H groups in total. The van der Waals surface area contributed by atoms with E-state index in [1.165, 1.54) is 0 Å². The van der Waals surface area contributed by atoms with E-state index in [1.54, 1.807) is 18.6 Å². The van der Waals surface area contributed by atoms with Crippen LogP contribution in [-0.2, 0) is 12.4 Å². The Labute approximate surface area is 117 Å². The van der Waals surface area contributed by atoms with Crippen molar-refractivity contribution in [2.75, 3.05) is 6.54 Å². The molecule has 1 aromatic heterocycles. The second kappa shape index (κ2) is 6.95. The fourth-order valence-corrected chi connectivity index (χ4v) is 1.95. The zero-order valence-corrected chi connectivity index (χ0v) is 11.3. The van der Waals surface area contributed by atoms with Crippen molar-refractivity contribution >= 4 is 17.5 Å². The Morgan fingerprint density at radius 2 is 2.32 bits per heavy atom. The summed E-state index contributed by atoms with van der Waals surface area (Å²) in [6, 6.07) is 7.36. The van der Waals surface area contributed by atoms with Crippen LogP contribution < -0.4 is 5.32 Å². The summed E-state index contributed by atoms with van der Waals surface area (Å²) in [6.07, 6.45) is 6.30. The lowest BCUT2D eigenvalue weighted by molar-refractivity contribution is 0.0952. The summed E-state index contributed by atoms with van der Waals surface area (Å²) in [5.74, 6) is 0.361. The molecule has 0 fully saturated rings. The van der Waals surface area contributed by atoms with Crippen LogP contribution in [0.25, 0.3) is 0 Å². The van der Waals surface area contributed by atoms with Crippen molar-refractivity contribution in [3.05, 3.63) is 54.1 Å². The Bertz CT molecular complexity index is 525. The molecule has 0 aliphatic heterocycles. The fraction of sp³-hybridized carbons (Fsp3) is 0.286. The van der Waals surface area contributed by atoms with Crippen LogP contribution in [0.2, 0.25) is 0 Å². The second-order valence-corrected chi connectivity index (χ2v) is 4.51. The van der Waals surface area contributed by atoms with Crippen molar-refractivity contribution in [3.8, 4) is 0 Å². The van der Waals surface area contributed by atoms with Gasteiger partial charge < -0.3 is 9.88 Å². The van der Waals surface area contributed by atoms with Gasteiger partial charge in [-0.15, -0.1) is 11.6 Å². The number of benzene rings is 1. The number of rotatable bonds is 6. The first-order valence-corrected chi connectivity index (χ1v) is 6.72. The molecule has 0 saturated carbocycles. The van der Waals surface area contributed by atoms with Gasteiger partial charge in [0.1, 0.15) is 0 Å². The predicted molar refractivity (Wildman–Crippen MR) is 75.2 cm³/mol. The highest BCUT2D eigenvalue weighted by molar-refractivity contribution is 6.17. The van der Waals surface area contributed by atoms with Gasteiger partial charge in [0.2, 0.25) is 0 Å². The summed E-state index contributed by atoms with van der Waals surface area (Å²) in [4.78, 5) is 15.9. The number of amides is 1. The van der Waals surface area contributed by atoms with Crippen LogP contribution in [0.3, 0.4) is 0 Å². The molecular weight excluding hydrogens is 262 g/mol. The Hall–Kier alpha value is -1.81. The van der Waals surface area contributed by atoms with E-state index in [2.05, 4.69) is 10.3 Å². The maximum Gasteiger partial charge on any atom is 0.251 e. The van der Waals surface area contributed by atoms with Gasteiger partial charge >= 0.3 is 0 Å². The van der Waals surface area contributed by atoms with Gasteiger partial charge in [-0.3, -0.25) is 4.79 Å². The Kier molecular flexibility index (Phi) is 4.98. The van der Waals surface area contributed by atoms with Gasteiger partial charge in [0.25, 0.3) is 5.91 Å². The molecular formula is C14H16ClN3O. The lowest BCUT2D eigenvalue weighted by Gasteiger charge is -2.06. The number of alkyl halides is 1. The van der Waals surface area contributed by atoms with Crippen LogP contribution in [0.5, 0.6) is 0 Å². The highest BCUT2D eigenvalue weighted by atomic mass is 35.5. The van der Waals surface area contributed by atoms with Crippen LogP contribution >= 0.6 is 11.6 Å². The van der Waals surface area contributed by atoms with Gasteiger partial charge in [0.05, 0.1) is 6.33 Å². The molecule has 0 atom stereocenters. The quantitative estimate of drug-likeness (QED) is 0.651. The van der Waals surface area contributed by atoms with Crippen molar-refractivity contribution < 1.29 is 4.79 Å².